The number of benzene rings is 1. The van der Waals surface area contributed by atoms with E-state index in [1.54, 1.807) is 19.1 Å². The van der Waals surface area contributed by atoms with Crippen LogP contribution in [0.25, 0.3) is 0 Å². The molecule has 2 N–H and O–H groups in total. The summed E-state index contributed by atoms with van der Waals surface area (Å²) in [5.41, 5.74) is 1.41. The molecule has 2 amide bonds. The van der Waals surface area contributed by atoms with Crippen LogP contribution >= 0.6 is 11.6 Å². The fraction of sp³-hybridized carbons (Fsp3) is 0.385. The minimum absolute atomic E-state index is 0.196. The molecule has 0 radical (unpaired) electrons. The Bertz CT molecular complexity index is 477. The summed E-state index contributed by atoms with van der Waals surface area (Å²) in [6, 6.07) is 4.94. The Morgan fingerprint density at radius 1 is 1.42 bits per heavy atom. The Kier molecular flexibility index (Phi) is 5.63. The van der Waals surface area contributed by atoms with Crippen molar-refractivity contribution in [2.24, 2.45) is 5.92 Å². The van der Waals surface area contributed by atoms with Crippen LogP contribution in [0.15, 0.2) is 18.2 Å². The average Bonchev–Trinajstić information content (AvgIpc) is 2.40. The minimum atomic E-state index is -0.414. The van der Waals surface area contributed by atoms with Crippen molar-refractivity contribution in [1.29, 1.82) is 0 Å². The van der Waals surface area contributed by atoms with Crippen molar-refractivity contribution in [3.63, 3.8) is 0 Å². The topological polar surface area (TPSA) is 67.4 Å². The van der Waals surface area contributed by atoms with Gasteiger partial charge in [-0.15, -0.1) is 0 Å². The lowest BCUT2D eigenvalue weighted by atomic mass is 10.2. The molecule has 0 saturated carbocycles. The number of ether oxygens (including phenoxy) is 1. The molecule has 0 aliphatic carbocycles. The molecule has 0 bridgehead atoms. The lowest BCUT2D eigenvalue weighted by Gasteiger charge is -2.12. The normalized spacial score (nSPS) is 11.6. The first-order valence-corrected chi connectivity index (χ1v) is 6.21. The van der Waals surface area contributed by atoms with E-state index in [-0.39, 0.29) is 12.5 Å². The van der Waals surface area contributed by atoms with Crippen molar-refractivity contribution in [2.45, 2.75) is 13.8 Å². The SMILES string of the molecule is COC(=O)C(C)CNC(=O)Nc1cccc(C)c1Cl. The van der Waals surface area contributed by atoms with Crippen molar-refractivity contribution >= 4 is 29.3 Å². The van der Waals surface area contributed by atoms with Crippen LogP contribution in [0.1, 0.15) is 12.5 Å². The van der Waals surface area contributed by atoms with Gasteiger partial charge in [-0.05, 0) is 18.6 Å². The van der Waals surface area contributed by atoms with Gasteiger partial charge in [0.05, 0.1) is 23.7 Å². The molecule has 5 nitrogen and oxygen atoms in total. The molecule has 6 heteroatoms. The summed E-state index contributed by atoms with van der Waals surface area (Å²) in [7, 11) is 1.31. The van der Waals surface area contributed by atoms with Crippen LogP contribution in [-0.4, -0.2) is 25.7 Å². The molecule has 0 fully saturated rings. The van der Waals surface area contributed by atoms with Crippen LogP contribution in [0.5, 0.6) is 0 Å². The van der Waals surface area contributed by atoms with E-state index in [0.717, 1.165) is 5.56 Å². The van der Waals surface area contributed by atoms with Gasteiger partial charge in [-0.1, -0.05) is 30.7 Å². The predicted octanol–water partition coefficient (Wildman–Crippen LogP) is 2.58. The highest BCUT2D eigenvalue weighted by molar-refractivity contribution is 6.34. The number of carbonyl (C=O) groups excluding carboxylic acids is 2. The van der Waals surface area contributed by atoms with Gasteiger partial charge in [0.15, 0.2) is 0 Å². The lowest BCUT2D eigenvalue weighted by Crippen LogP contribution is -2.35. The number of hydrogen-bond acceptors (Lipinski definition) is 3. The summed E-state index contributed by atoms with van der Waals surface area (Å²) in [6.07, 6.45) is 0. The molecular weight excluding hydrogens is 268 g/mol. The Morgan fingerprint density at radius 3 is 2.74 bits per heavy atom. The summed E-state index contributed by atoms with van der Waals surface area (Å²) >= 11 is 6.06. The number of amides is 2. The van der Waals surface area contributed by atoms with E-state index in [0.29, 0.717) is 10.7 Å². The Balaban J connectivity index is 2.52. The van der Waals surface area contributed by atoms with Gasteiger partial charge >= 0.3 is 12.0 Å². The van der Waals surface area contributed by atoms with E-state index >= 15 is 0 Å². The van der Waals surface area contributed by atoms with Gasteiger partial charge in [-0.25, -0.2) is 4.79 Å². The van der Waals surface area contributed by atoms with Gasteiger partial charge in [0, 0.05) is 6.54 Å². The number of urea groups is 1. The van der Waals surface area contributed by atoms with Crippen LogP contribution < -0.4 is 10.6 Å². The third kappa shape index (κ3) is 4.44. The number of hydrogen-bond donors (Lipinski definition) is 2. The highest BCUT2D eigenvalue weighted by atomic mass is 35.5. The molecule has 0 spiro atoms. The second kappa shape index (κ2) is 6.99. The van der Waals surface area contributed by atoms with Crippen LogP contribution in [-0.2, 0) is 9.53 Å². The first-order valence-electron chi connectivity index (χ1n) is 5.83. The summed E-state index contributed by atoms with van der Waals surface area (Å²) in [5.74, 6) is -0.766. The number of aryl methyl sites for hydroxylation is 1. The Hall–Kier alpha value is -1.75. The van der Waals surface area contributed by atoms with Crippen LogP contribution in [0, 0.1) is 12.8 Å². The second-order valence-electron chi connectivity index (χ2n) is 4.20. The molecule has 1 aromatic rings. The van der Waals surface area contributed by atoms with Gasteiger partial charge in [0.25, 0.3) is 0 Å². The van der Waals surface area contributed by atoms with Gasteiger partial charge in [-0.2, -0.15) is 0 Å². The standard InChI is InChI=1S/C13H17ClN2O3/c1-8-5-4-6-10(11(8)14)16-13(18)15-7-9(2)12(17)19-3/h4-6,9H,7H2,1-3H3,(H2,15,16,18). The minimum Gasteiger partial charge on any atom is -0.469 e. The summed E-state index contributed by atoms with van der Waals surface area (Å²) in [5, 5.41) is 5.71. The first kappa shape index (κ1) is 15.3. The summed E-state index contributed by atoms with van der Waals surface area (Å²) < 4.78 is 4.57. The highest BCUT2D eigenvalue weighted by Gasteiger charge is 2.14. The van der Waals surface area contributed by atoms with Crippen molar-refractivity contribution < 1.29 is 14.3 Å². The fourth-order valence-electron chi connectivity index (χ4n) is 1.44. The molecule has 1 atom stereocenters. The Labute approximate surface area is 117 Å². The lowest BCUT2D eigenvalue weighted by molar-refractivity contribution is -0.144. The number of methoxy groups -OCH3 is 1. The molecule has 0 heterocycles. The zero-order chi connectivity index (χ0) is 14.4. The molecule has 0 aliphatic heterocycles. The second-order valence-corrected chi connectivity index (χ2v) is 4.57. The van der Waals surface area contributed by atoms with Gasteiger partial charge in [0.2, 0.25) is 0 Å². The van der Waals surface area contributed by atoms with Crippen LogP contribution in [0.4, 0.5) is 10.5 Å². The number of anilines is 1. The number of carbonyl (C=O) groups is 2. The monoisotopic (exact) mass is 284 g/mol. The van der Waals surface area contributed by atoms with E-state index < -0.39 is 11.9 Å². The molecule has 0 saturated heterocycles. The maximum atomic E-state index is 11.7. The molecular formula is C13H17ClN2O3. The molecule has 1 unspecified atom stereocenters. The maximum Gasteiger partial charge on any atom is 0.319 e. The highest BCUT2D eigenvalue weighted by Crippen LogP contribution is 2.24. The zero-order valence-electron chi connectivity index (χ0n) is 11.1. The third-order valence-corrected chi connectivity index (χ3v) is 3.11. The quantitative estimate of drug-likeness (QED) is 0.835. The number of nitrogens with one attached hydrogen (secondary N) is 2. The van der Waals surface area contributed by atoms with E-state index in [4.69, 9.17) is 11.6 Å². The molecule has 0 aliphatic rings. The van der Waals surface area contributed by atoms with Crippen molar-refractivity contribution in [3.8, 4) is 0 Å². The molecule has 19 heavy (non-hydrogen) atoms. The van der Waals surface area contributed by atoms with E-state index in [9.17, 15) is 9.59 Å². The summed E-state index contributed by atoms with van der Waals surface area (Å²) in [4.78, 5) is 22.8. The Morgan fingerprint density at radius 2 is 2.11 bits per heavy atom. The van der Waals surface area contributed by atoms with Crippen molar-refractivity contribution in [1.82, 2.24) is 5.32 Å². The molecule has 1 rings (SSSR count). The van der Waals surface area contributed by atoms with Crippen molar-refractivity contribution in [2.75, 3.05) is 19.0 Å². The maximum absolute atomic E-state index is 11.7. The average molecular weight is 285 g/mol. The van der Waals surface area contributed by atoms with E-state index in [1.165, 1.54) is 7.11 Å². The van der Waals surface area contributed by atoms with E-state index in [2.05, 4.69) is 15.4 Å². The number of halogens is 1. The van der Waals surface area contributed by atoms with Gasteiger partial charge in [-0.3, -0.25) is 4.79 Å². The van der Waals surface area contributed by atoms with Crippen molar-refractivity contribution in [3.05, 3.63) is 28.8 Å². The molecule has 0 aromatic heterocycles. The smallest absolute Gasteiger partial charge is 0.319 e. The largest absolute Gasteiger partial charge is 0.469 e. The first-order chi connectivity index (χ1) is 8.95. The zero-order valence-corrected chi connectivity index (χ0v) is 11.9. The predicted molar refractivity (Wildman–Crippen MR) is 74.4 cm³/mol. The van der Waals surface area contributed by atoms with Crippen LogP contribution in [0.3, 0.4) is 0 Å². The van der Waals surface area contributed by atoms with E-state index in [1.807, 2.05) is 13.0 Å². The summed E-state index contributed by atoms with van der Waals surface area (Å²) in [6.45, 7) is 3.72. The third-order valence-electron chi connectivity index (χ3n) is 2.61. The molecule has 1 aromatic carbocycles. The van der Waals surface area contributed by atoms with Gasteiger partial charge < -0.3 is 15.4 Å². The molecule has 104 valence electrons. The van der Waals surface area contributed by atoms with Gasteiger partial charge in [0.1, 0.15) is 0 Å². The number of esters is 1. The van der Waals surface area contributed by atoms with Crippen LogP contribution in [0.2, 0.25) is 5.02 Å². The fourth-order valence-corrected chi connectivity index (χ4v) is 1.61. The number of rotatable bonds is 4.